The van der Waals surface area contributed by atoms with Gasteiger partial charge in [-0.3, -0.25) is 0 Å². The highest BCUT2D eigenvalue weighted by Crippen LogP contribution is 2.38. The number of benzene rings is 1. The van der Waals surface area contributed by atoms with Gasteiger partial charge >= 0.3 is 6.36 Å². The zero-order chi connectivity index (χ0) is 16.6. The molecule has 0 fully saturated rings. The molecule has 0 amide bonds. The van der Waals surface area contributed by atoms with Crippen LogP contribution in [0.5, 0.6) is 5.75 Å². The lowest BCUT2D eigenvalue weighted by Crippen LogP contribution is -2.17. The van der Waals surface area contributed by atoms with E-state index in [1.54, 1.807) is 0 Å². The van der Waals surface area contributed by atoms with Crippen LogP contribution in [-0.2, 0) is 0 Å². The summed E-state index contributed by atoms with van der Waals surface area (Å²) in [6, 6.07) is 2.40. The topological polar surface area (TPSA) is 75.7 Å². The van der Waals surface area contributed by atoms with E-state index in [9.17, 15) is 13.2 Å². The summed E-state index contributed by atoms with van der Waals surface area (Å²) in [6.45, 7) is 0. The molecule has 0 saturated carbocycles. The molecule has 0 unspecified atom stereocenters. The largest absolute Gasteiger partial charge is 0.573 e. The Bertz CT molecular complexity index is 844. The third-order valence-corrected chi connectivity index (χ3v) is 3.97. The summed E-state index contributed by atoms with van der Waals surface area (Å²) in [5.74, 6) is 0.0783. The maximum absolute atomic E-state index is 12.3. The van der Waals surface area contributed by atoms with Crippen molar-refractivity contribution in [3.63, 3.8) is 0 Å². The number of fused-ring (bicyclic) bond motifs is 1. The van der Waals surface area contributed by atoms with Crippen LogP contribution in [-0.4, -0.2) is 26.3 Å². The third-order valence-electron chi connectivity index (χ3n) is 2.72. The molecule has 0 aliphatic rings. The molecule has 23 heavy (non-hydrogen) atoms. The fourth-order valence-electron chi connectivity index (χ4n) is 1.84. The maximum Gasteiger partial charge on any atom is 0.573 e. The van der Waals surface area contributed by atoms with Crippen LogP contribution in [0.3, 0.4) is 0 Å². The lowest BCUT2D eigenvalue weighted by molar-refractivity contribution is -0.274. The second kappa shape index (κ2) is 5.96. The highest BCUT2D eigenvalue weighted by molar-refractivity contribution is 9.11. The van der Waals surface area contributed by atoms with Gasteiger partial charge in [0, 0.05) is 8.95 Å². The van der Waals surface area contributed by atoms with Crippen molar-refractivity contribution in [1.82, 2.24) is 19.9 Å². The Morgan fingerprint density at radius 3 is 2.43 bits per heavy atom. The molecule has 3 rings (SSSR count). The first kappa shape index (κ1) is 16.0. The zero-order valence-electron chi connectivity index (χ0n) is 10.9. The first-order valence-corrected chi connectivity index (χ1v) is 7.58. The average Bonchev–Trinajstić information content (AvgIpc) is 2.90. The Balaban J connectivity index is 1.96. The molecule has 0 saturated heterocycles. The van der Waals surface area contributed by atoms with Crippen molar-refractivity contribution in [3.8, 4) is 5.75 Å². The highest BCUT2D eigenvalue weighted by Gasteiger charge is 2.31. The van der Waals surface area contributed by atoms with Gasteiger partial charge in [-0.05, 0) is 44.0 Å². The van der Waals surface area contributed by atoms with Crippen LogP contribution < -0.4 is 10.1 Å². The number of alkyl halides is 3. The van der Waals surface area contributed by atoms with E-state index in [4.69, 9.17) is 0 Å². The molecular formula is C12H6Br2F3N5O. The molecule has 0 aliphatic carbocycles. The van der Waals surface area contributed by atoms with Crippen molar-refractivity contribution in [2.45, 2.75) is 6.36 Å². The van der Waals surface area contributed by atoms with Crippen LogP contribution in [0.4, 0.5) is 24.7 Å². The summed E-state index contributed by atoms with van der Waals surface area (Å²) in [7, 11) is 0. The monoisotopic (exact) mass is 451 g/mol. The summed E-state index contributed by atoms with van der Waals surface area (Å²) >= 11 is 6.42. The molecule has 0 radical (unpaired) electrons. The SMILES string of the molecule is FC(F)(F)Oc1cc(Br)c(Nc2ncnc3nc[nH]c23)c(Br)c1. The number of H-pyrrole nitrogens is 1. The van der Waals surface area contributed by atoms with Crippen LogP contribution in [0, 0.1) is 0 Å². The molecule has 6 nitrogen and oxygen atoms in total. The van der Waals surface area contributed by atoms with Gasteiger partial charge in [0.05, 0.1) is 12.0 Å². The number of hydrogen-bond acceptors (Lipinski definition) is 5. The third kappa shape index (κ3) is 3.55. The van der Waals surface area contributed by atoms with Gasteiger partial charge in [-0.2, -0.15) is 0 Å². The molecule has 0 aliphatic heterocycles. The van der Waals surface area contributed by atoms with E-state index >= 15 is 0 Å². The van der Waals surface area contributed by atoms with E-state index in [2.05, 4.69) is 61.8 Å². The molecule has 0 atom stereocenters. The molecule has 2 heterocycles. The standard InChI is InChI=1S/C12H6Br2F3N5O/c13-6-1-5(23-12(15,16)17)2-7(14)8(6)22-11-9-10(19-3-18-9)20-4-21-11/h1-4H,(H2,18,19,20,21,22). The number of nitrogens with one attached hydrogen (secondary N) is 2. The summed E-state index contributed by atoms with van der Waals surface area (Å²) in [6.07, 6.45) is -1.97. The van der Waals surface area contributed by atoms with Crippen LogP contribution >= 0.6 is 31.9 Å². The lowest BCUT2D eigenvalue weighted by Gasteiger charge is -2.14. The van der Waals surface area contributed by atoms with E-state index in [1.165, 1.54) is 24.8 Å². The van der Waals surface area contributed by atoms with E-state index in [0.717, 1.165) is 0 Å². The number of hydrogen-bond donors (Lipinski definition) is 2. The Morgan fingerprint density at radius 1 is 1.09 bits per heavy atom. The van der Waals surface area contributed by atoms with Gasteiger partial charge in [0.15, 0.2) is 11.5 Å². The predicted molar refractivity (Wildman–Crippen MR) is 83.5 cm³/mol. The minimum Gasteiger partial charge on any atom is -0.406 e. The van der Waals surface area contributed by atoms with E-state index in [1.807, 2.05) is 0 Å². The quantitative estimate of drug-likeness (QED) is 0.611. The molecular weight excluding hydrogens is 447 g/mol. The van der Waals surface area contributed by atoms with Crippen molar-refractivity contribution in [2.75, 3.05) is 5.32 Å². The van der Waals surface area contributed by atoms with Gasteiger partial charge in [0.2, 0.25) is 0 Å². The first-order valence-electron chi connectivity index (χ1n) is 5.99. The van der Waals surface area contributed by atoms with Gasteiger partial charge in [0.1, 0.15) is 17.6 Å². The number of aromatic amines is 1. The van der Waals surface area contributed by atoms with Gasteiger partial charge in [-0.15, -0.1) is 13.2 Å². The van der Waals surface area contributed by atoms with Gasteiger partial charge in [0.25, 0.3) is 0 Å². The average molecular weight is 453 g/mol. The normalized spacial score (nSPS) is 11.7. The molecule has 0 spiro atoms. The summed E-state index contributed by atoms with van der Waals surface area (Å²) in [5, 5.41) is 3.01. The van der Waals surface area contributed by atoms with Crippen molar-refractivity contribution < 1.29 is 17.9 Å². The lowest BCUT2D eigenvalue weighted by atomic mass is 10.3. The fraction of sp³-hybridized carbons (Fsp3) is 0.0833. The number of rotatable bonds is 3. The second-order valence-electron chi connectivity index (χ2n) is 4.26. The maximum atomic E-state index is 12.3. The van der Waals surface area contributed by atoms with E-state index < -0.39 is 6.36 Å². The Kier molecular flexibility index (Phi) is 4.15. The number of imidazole rings is 1. The van der Waals surface area contributed by atoms with Gasteiger partial charge in [-0.1, -0.05) is 0 Å². The van der Waals surface area contributed by atoms with Gasteiger partial charge < -0.3 is 15.0 Å². The zero-order valence-corrected chi connectivity index (χ0v) is 14.1. The Labute approximate surface area is 143 Å². The highest BCUT2D eigenvalue weighted by atomic mass is 79.9. The van der Waals surface area contributed by atoms with Crippen LogP contribution in [0.25, 0.3) is 11.2 Å². The van der Waals surface area contributed by atoms with E-state index in [0.29, 0.717) is 31.6 Å². The van der Waals surface area contributed by atoms with Crippen LogP contribution in [0.2, 0.25) is 0 Å². The fourth-order valence-corrected chi connectivity index (χ4v) is 3.18. The number of aromatic nitrogens is 4. The van der Waals surface area contributed by atoms with Crippen LogP contribution in [0.15, 0.2) is 33.7 Å². The first-order chi connectivity index (χ1) is 10.8. The van der Waals surface area contributed by atoms with Crippen molar-refractivity contribution >= 4 is 54.5 Å². The summed E-state index contributed by atoms with van der Waals surface area (Å²) < 4.78 is 41.5. The molecule has 11 heteroatoms. The predicted octanol–water partition coefficient (Wildman–Crippen LogP) is 4.52. The van der Waals surface area contributed by atoms with Gasteiger partial charge in [-0.25, -0.2) is 15.0 Å². The minimum absolute atomic E-state index is 0.351. The molecule has 2 aromatic heterocycles. The molecule has 3 aromatic rings. The van der Waals surface area contributed by atoms with Crippen molar-refractivity contribution in [3.05, 3.63) is 33.7 Å². The number of ether oxygens (including phenoxy) is 1. The number of anilines is 2. The molecule has 120 valence electrons. The van der Waals surface area contributed by atoms with Crippen molar-refractivity contribution in [2.24, 2.45) is 0 Å². The molecule has 2 N–H and O–H groups in total. The number of halogens is 5. The Morgan fingerprint density at radius 2 is 1.78 bits per heavy atom. The van der Waals surface area contributed by atoms with Crippen molar-refractivity contribution in [1.29, 1.82) is 0 Å². The second-order valence-corrected chi connectivity index (χ2v) is 5.97. The molecule has 0 bridgehead atoms. The summed E-state index contributed by atoms with van der Waals surface area (Å²) in [5.41, 5.74) is 1.52. The molecule has 1 aromatic carbocycles. The smallest absolute Gasteiger partial charge is 0.406 e. The minimum atomic E-state index is -4.76. The Hall–Kier alpha value is -1.88. The summed E-state index contributed by atoms with van der Waals surface area (Å²) in [4.78, 5) is 15.0. The van der Waals surface area contributed by atoms with Crippen LogP contribution in [0.1, 0.15) is 0 Å². The number of nitrogens with zero attached hydrogens (tertiary/aromatic N) is 3. The van der Waals surface area contributed by atoms with E-state index in [-0.39, 0.29) is 5.75 Å².